The van der Waals surface area contributed by atoms with Crippen molar-refractivity contribution in [2.75, 3.05) is 18.6 Å². The molecule has 2 atom stereocenters. The van der Waals surface area contributed by atoms with Gasteiger partial charge in [0.25, 0.3) is 5.91 Å². The number of methoxy groups -OCH3 is 1. The van der Waals surface area contributed by atoms with Gasteiger partial charge in [0.05, 0.1) is 24.1 Å². The lowest BCUT2D eigenvalue weighted by molar-refractivity contribution is -0.138. The quantitative estimate of drug-likeness (QED) is 0.437. The molecule has 1 N–H and O–H groups in total. The molecule has 2 heterocycles. The van der Waals surface area contributed by atoms with Crippen LogP contribution in [-0.2, 0) is 36.5 Å². The lowest BCUT2D eigenvalue weighted by atomic mass is 9.78. The predicted octanol–water partition coefficient (Wildman–Crippen LogP) is 4.98. The molecule has 2 saturated carbocycles. The van der Waals surface area contributed by atoms with Gasteiger partial charge in [-0.3, -0.25) is 4.79 Å². The summed E-state index contributed by atoms with van der Waals surface area (Å²) >= 11 is 0. The first kappa shape index (κ1) is 26.0. The van der Waals surface area contributed by atoms with Crippen LogP contribution >= 0.6 is 0 Å². The van der Waals surface area contributed by atoms with Gasteiger partial charge in [-0.25, -0.2) is 0 Å². The molecule has 1 unspecified atom stereocenters. The third kappa shape index (κ3) is 4.34. The molecule has 2 aliphatic carbocycles. The van der Waals surface area contributed by atoms with E-state index < -0.39 is 23.1 Å². The van der Waals surface area contributed by atoms with Crippen molar-refractivity contribution in [2.24, 2.45) is 13.0 Å². The fourth-order valence-electron chi connectivity index (χ4n) is 6.36. The Morgan fingerprint density at radius 1 is 1.21 bits per heavy atom. The second kappa shape index (κ2) is 9.16. The SMILES string of the molecule is COC[C@@H]1CC1(c1cccc(N2Cc3c(cc(CNC4(C)CCC4)cc3C(F)(F)F)C2=O)c1)c1nncn1C. The standard InChI is InChI=1S/C29H32F3N5O2/c1-27(8-5-9-27)33-14-18-10-22-23(24(11-18)29(30,31)32)15-37(25(22)38)21-7-4-6-19(12-21)28(13-20(28)16-39-3)26-35-34-17-36(26)2/h4,6-7,10-12,17,20,33H,5,8-9,13-16H2,1-3H3/t20-,28?/m0/s1. The maximum absolute atomic E-state index is 14.2. The molecule has 2 aromatic carbocycles. The van der Waals surface area contributed by atoms with E-state index in [-0.39, 0.29) is 35.7 Å². The summed E-state index contributed by atoms with van der Waals surface area (Å²) in [5.74, 6) is 0.562. The number of nitrogens with zero attached hydrogens (tertiary/aromatic N) is 4. The first-order valence-electron chi connectivity index (χ1n) is 13.3. The summed E-state index contributed by atoms with van der Waals surface area (Å²) in [7, 11) is 3.55. The number of halogens is 3. The summed E-state index contributed by atoms with van der Waals surface area (Å²) < 4.78 is 49.9. The molecule has 1 aliphatic heterocycles. The van der Waals surface area contributed by atoms with Crippen molar-refractivity contribution in [3.05, 3.63) is 76.4 Å². The Hall–Kier alpha value is -3.24. The summed E-state index contributed by atoms with van der Waals surface area (Å²) in [4.78, 5) is 15.1. The van der Waals surface area contributed by atoms with Gasteiger partial charge >= 0.3 is 6.18 Å². The number of anilines is 1. The Kier molecular flexibility index (Phi) is 6.11. The van der Waals surface area contributed by atoms with Crippen molar-refractivity contribution >= 4 is 11.6 Å². The molecule has 39 heavy (non-hydrogen) atoms. The van der Waals surface area contributed by atoms with Crippen LogP contribution in [0.5, 0.6) is 0 Å². The van der Waals surface area contributed by atoms with Crippen molar-refractivity contribution in [1.82, 2.24) is 20.1 Å². The molecule has 10 heteroatoms. The van der Waals surface area contributed by atoms with E-state index in [9.17, 15) is 18.0 Å². The van der Waals surface area contributed by atoms with Gasteiger partial charge in [0, 0.05) is 43.4 Å². The van der Waals surface area contributed by atoms with Crippen LogP contribution in [0.25, 0.3) is 0 Å². The highest BCUT2D eigenvalue weighted by molar-refractivity contribution is 6.10. The molecule has 0 bridgehead atoms. The molecular formula is C29H32F3N5O2. The van der Waals surface area contributed by atoms with Crippen molar-refractivity contribution in [3.63, 3.8) is 0 Å². The van der Waals surface area contributed by atoms with E-state index in [1.165, 1.54) is 11.0 Å². The Labute approximate surface area is 225 Å². The number of carbonyl (C=O) groups excluding carboxylic acids is 1. The van der Waals surface area contributed by atoms with E-state index in [0.717, 1.165) is 37.1 Å². The zero-order valence-corrected chi connectivity index (χ0v) is 22.3. The number of amides is 1. The van der Waals surface area contributed by atoms with Gasteiger partial charge in [0.1, 0.15) is 12.2 Å². The lowest BCUT2D eigenvalue weighted by Gasteiger charge is -2.39. The van der Waals surface area contributed by atoms with Gasteiger partial charge in [-0.15, -0.1) is 10.2 Å². The third-order valence-corrected chi connectivity index (χ3v) is 8.84. The summed E-state index contributed by atoms with van der Waals surface area (Å²) in [6.45, 7) is 2.78. The van der Waals surface area contributed by atoms with Crippen LogP contribution in [0, 0.1) is 5.92 Å². The number of nitrogens with one attached hydrogen (secondary N) is 1. The minimum absolute atomic E-state index is 0.0307. The van der Waals surface area contributed by atoms with Crippen LogP contribution < -0.4 is 10.2 Å². The molecule has 3 aliphatic rings. The first-order chi connectivity index (χ1) is 18.6. The Bertz CT molecular complexity index is 1430. The maximum atomic E-state index is 14.2. The average molecular weight is 540 g/mol. The molecule has 6 rings (SSSR count). The van der Waals surface area contributed by atoms with Crippen LogP contribution in [0.2, 0.25) is 0 Å². The van der Waals surface area contributed by atoms with Gasteiger partial charge < -0.3 is 19.5 Å². The van der Waals surface area contributed by atoms with Crippen molar-refractivity contribution in [2.45, 2.75) is 62.8 Å². The van der Waals surface area contributed by atoms with E-state index >= 15 is 0 Å². The van der Waals surface area contributed by atoms with E-state index in [1.54, 1.807) is 25.6 Å². The number of benzene rings is 2. The van der Waals surface area contributed by atoms with Crippen molar-refractivity contribution < 1.29 is 22.7 Å². The van der Waals surface area contributed by atoms with E-state index in [0.29, 0.717) is 17.9 Å². The van der Waals surface area contributed by atoms with Gasteiger partial charge in [0.15, 0.2) is 0 Å². The van der Waals surface area contributed by atoms with Gasteiger partial charge in [-0.2, -0.15) is 13.2 Å². The van der Waals surface area contributed by atoms with Crippen molar-refractivity contribution in [1.29, 1.82) is 0 Å². The highest BCUT2D eigenvalue weighted by Gasteiger charge is 2.59. The number of fused-ring (bicyclic) bond motifs is 1. The van der Waals surface area contributed by atoms with Gasteiger partial charge in [0.2, 0.25) is 0 Å². The monoisotopic (exact) mass is 539 g/mol. The van der Waals surface area contributed by atoms with E-state index in [2.05, 4.69) is 22.4 Å². The van der Waals surface area contributed by atoms with Crippen LogP contribution in [0.3, 0.4) is 0 Å². The molecule has 0 spiro atoms. The van der Waals surface area contributed by atoms with Crippen LogP contribution in [-0.4, -0.2) is 39.9 Å². The number of aromatic nitrogens is 3. The number of carbonyl (C=O) groups is 1. The largest absolute Gasteiger partial charge is 0.416 e. The third-order valence-electron chi connectivity index (χ3n) is 8.84. The molecule has 1 amide bonds. The highest BCUT2D eigenvalue weighted by Crippen LogP contribution is 2.58. The second-order valence-electron chi connectivity index (χ2n) is 11.5. The molecular weight excluding hydrogens is 507 g/mol. The van der Waals surface area contributed by atoms with Gasteiger partial charge in [-0.1, -0.05) is 12.1 Å². The number of alkyl halides is 3. The Balaban J connectivity index is 1.34. The average Bonchev–Trinajstić information content (AvgIpc) is 3.26. The fourth-order valence-corrected chi connectivity index (χ4v) is 6.36. The van der Waals surface area contributed by atoms with Gasteiger partial charge in [-0.05, 0) is 73.6 Å². The topological polar surface area (TPSA) is 72.3 Å². The van der Waals surface area contributed by atoms with Crippen LogP contribution in [0.15, 0.2) is 42.7 Å². The van der Waals surface area contributed by atoms with Crippen molar-refractivity contribution in [3.8, 4) is 0 Å². The normalized spacial score (nSPS) is 23.6. The lowest BCUT2D eigenvalue weighted by Crippen LogP contribution is -2.47. The number of aryl methyl sites for hydroxylation is 1. The molecule has 1 aromatic heterocycles. The number of rotatable bonds is 8. The summed E-state index contributed by atoms with van der Waals surface area (Å²) in [6.07, 6.45) is 0.995. The molecule has 0 saturated heterocycles. The smallest absolute Gasteiger partial charge is 0.384 e. The minimum atomic E-state index is -4.56. The maximum Gasteiger partial charge on any atom is 0.416 e. The zero-order chi connectivity index (χ0) is 27.6. The Morgan fingerprint density at radius 2 is 2.00 bits per heavy atom. The molecule has 206 valence electrons. The number of hydrogen-bond donors (Lipinski definition) is 1. The van der Waals surface area contributed by atoms with Crippen LogP contribution in [0.4, 0.5) is 18.9 Å². The number of ether oxygens (including phenoxy) is 1. The summed E-state index contributed by atoms with van der Waals surface area (Å²) in [5, 5.41) is 11.8. The molecule has 7 nitrogen and oxygen atoms in total. The second-order valence-corrected chi connectivity index (χ2v) is 11.5. The number of hydrogen-bond acceptors (Lipinski definition) is 5. The molecule has 3 aromatic rings. The molecule has 0 radical (unpaired) electrons. The van der Waals surface area contributed by atoms with E-state index in [1.807, 2.05) is 29.8 Å². The summed E-state index contributed by atoms with van der Waals surface area (Å²) in [6, 6.07) is 10.3. The first-order valence-corrected chi connectivity index (χ1v) is 13.3. The van der Waals surface area contributed by atoms with E-state index in [4.69, 9.17) is 4.74 Å². The van der Waals surface area contributed by atoms with Crippen LogP contribution in [0.1, 0.15) is 71.0 Å². The summed E-state index contributed by atoms with van der Waals surface area (Å²) in [5.41, 5.74) is 0.905. The predicted molar refractivity (Wildman–Crippen MR) is 139 cm³/mol. The Morgan fingerprint density at radius 3 is 2.64 bits per heavy atom. The molecule has 2 fully saturated rings. The highest BCUT2D eigenvalue weighted by atomic mass is 19.4. The fraction of sp³-hybridized carbons (Fsp3) is 0.483. The zero-order valence-electron chi connectivity index (χ0n) is 22.3. The minimum Gasteiger partial charge on any atom is -0.384 e.